The normalized spacial score (nSPS) is 16.4. The Bertz CT molecular complexity index is 617. The first-order valence-corrected chi connectivity index (χ1v) is 9.10. The van der Waals surface area contributed by atoms with Crippen molar-refractivity contribution in [2.45, 2.75) is 33.7 Å². The third-order valence-electron chi connectivity index (χ3n) is 4.66. The molecule has 1 aliphatic rings. The zero-order valence-corrected chi connectivity index (χ0v) is 15.3. The van der Waals surface area contributed by atoms with Gasteiger partial charge >= 0.3 is 0 Å². The second-order valence-corrected chi connectivity index (χ2v) is 8.15. The molecule has 2 aromatic carbocycles. The lowest BCUT2D eigenvalue weighted by Gasteiger charge is -2.36. The van der Waals surface area contributed by atoms with Crippen LogP contribution >= 0.6 is 0 Å². The second kappa shape index (κ2) is 7.40. The van der Waals surface area contributed by atoms with Crippen molar-refractivity contribution in [2.75, 3.05) is 31.1 Å². The summed E-state index contributed by atoms with van der Waals surface area (Å²) < 4.78 is 0. The van der Waals surface area contributed by atoms with Gasteiger partial charge in [0.15, 0.2) is 0 Å². The monoisotopic (exact) mass is 322 g/mol. The second-order valence-electron chi connectivity index (χ2n) is 8.15. The highest BCUT2D eigenvalue weighted by Crippen LogP contribution is 2.23. The molecule has 0 radical (unpaired) electrons. The molecule has 0 spiro atoms. The van der Waals surface area contributed by atoms with Crippen LogP contribution in [0.5, 0.6) is 0 Å². The fraction of sp³-hybridized carbons (Fsp3) is 0.455. The summed E-state index contributed by atoms with van der Waals surface area (Å²) in [5, 5.41) is 0. The van der Waals surface area contributed by atoms with E-state index in [0.29, 0.717) is 5.41 Å². The largest absolute Gasteiger partial charge is 0.369 e. The molecular formula is C22H30N2. The molecule has 3 rings (SSSR count). The highest BCUT2D eigenvalue weighted by Gasteiger charge is 2.17. The van der Waals surface area contributed by atoms with Crippen LogP contribution in [0.15, 0.2) is 54.6 Å². The maximum absolute atomic E-state index is 2.56. The number of anilines is 1. The van der Waals surface area contributed by atoms with Crippen molar-refractivity contribution < 1.29 is 0 Å². The molecule has 2 heteroatoms. The van der Waals surface area contributed by atoms with Crippen molar-refractivity contribution >= 4 is 5.69 Å². The van der Waals surface area contributed by atoms with E-state index < -0.39 is 0 Å². The van der Waals surface area contributed by atoms with Gasteiger partial charge in [0.2, 0.25) is 0 Å². The zero-order valence-electron chi connectivity index (χ0n) is 15.3. The van der Waals surface area contributed by atoms with E-state index in [1.165, 1.54) is 16.8 Å². The van der Waals surface area contributed by atoms with Crippen LogP contribution in [0.2, 0.25) is 0 Å². The molecule has 1 heterocycles. The van der Waals surface area contributed by atoms with Crippen molar-refractivity contribution in [2.24, 2.45) is 5.41 Å². The Kier molecular flexibility index (Phi) is 5.25. The van der Waals surface area contributed by atoms with Gasteiger partial charge in [-0.1, -0.05) is 63.2 Å². The van der Waals surface area contributed by atoms with E-state index in [2.05, 4.69) is 85.2 Å². The van der Waals surface area contributed by atoms with Gasteiger partial charge in [0.1, 0.15) is 0 Å². The molecule has 2 nitrogen and oxygen atoms in total. The summed E-state index contributed by atoms with van der Waals surface area (Å²) in [5.41, 5.74) is 4.57. The smallest absolute Gasteiger partial charge is 0.0367 e. The number of nitrogens with zero attached hydrogens (tertiary/aromatic N) is 2. The molecule has 24 heavy (non-hydrogen) atoms. The molecule has 0 aliphatic carbocycles. The summed E-state index contributed by atoms with van der Waals surface area (Å²) in [5.74, 6) is 0. The van der Waals surface area contributed by atoms with Crippen LogP contribution in [0.25, 0.3) is 0 Å². The minimum absolute atomic E-state index is 0.352. The van der Waals surface area contributed by atoms with Crippen LogP contribution in [0.4, 0.5) is 5.69 Å². The van der Waals surface area contributed by atoms with Crippen molar-refractivity contribution in [1.82, 2.24) is 4.90 Å². The van der Waals surface area contributed by atoms with E-state index in [-0.39, 0.29) is 0 Å². The Morgan fingerprint density at radius 1 is 0.750 bits per heavy atom. The van der Waals surface area contributed by atoms with Crippen LogP contribution in [0.3, 0.4) is 0 Å². The summed E-state index contributed by atoms with van der Waals surface area (Å²) in [7, 11) is 0. The van der Waals surface area contributed by atoms with Crippen molar-refractivity contribution in [1.29, 1.82) is 0 Å². The van der Waals surface area contributed by atoms with E-state index in [0.717, 1.165) is 39.1 Å². The molecular weight excluding hydrogens is 292 g/mol. The average molecular weight is 322 g/mol. The highest BCUT2D eigenvalue weighted by molar-refractivity contribution is 5.48. The third kappa shape index (κ3) is 4.85. The number of hydrogen-bond acceptors (Lipinski definition) is 2. The van der Waals surface area contributed by atoms with Gasteiger partial charge in [-0.05, 0) is 35.1 Å². The molecule has 1 fully saturated rings. The van der Waals surface area contributed by atoms with Crippen molar-refractivity contribution in [3.05, 3.63) is 65.7 Å². The van der Waals surface area contributed by atoms with E-state index in [9.17, 15) is 0 Å². The highest BCUT2D eigenvalue weighted by atomic mass is 15.3. The standard InChI is InChI=1S/C22H30N2/c1-22(2,3)17-19-9-11-21(12-10-19)24-15-13-23(14-16-24)18-20-7-5-4-6-8-20/h4-12H,13-18H2,1-3H3. The van der Waals surface area contributed by atoms with Crippen LogP contribution in [0.1, 0.15) is 31.9 Å². The molecule has 0 bridgehead atoms. The van der Waals surface area contributed by atoms with E-state index in [1.54, 1.807) is 0 Å². The van der Waals surface area contributed by atoms with Gasteiger partial charge in [0, 0.05) is 38.4 Å². The minimum Gasteiger partial charge on any atom is -0.369 e. The molecule has 1 aliphatic heterocycles. The number of piperazine rings is 1. The number of hydrogen-bond donors (Lipinski definition) is 0. The van der Waals surface area contributed by atoms with Gasteiger partial charge in [-0.3, -0.25) is 4.90 Å². The quantitative estimate of drug-likeness (QED) is 0.812. The molecule has 0 saturated carbocycles. The van der Waals surface area contributed by atoms with Gasteiger partial charge in [-0.2, -0.15) is 0 Å². The van der Waals surface area contributed by atoms with Gasteiger partial charge in [0.05, 0.1) is 0 Å². The lowest BCUT2D eigenvalue weighted by Crippen LogP contribution is -2.45. The van der Waals surface area contributed by atoms with Crippen LogP contribution in [-0.2, 0) is 13.0 Å². The predicted octanol–water partition coefficient (Wildman–Crippen LogP) is 4.60. The Morgan fingerprint density at radius 2 is 1.38 bits per heavy atom. The molecule has 0 aromatic heterocycles. The molecule has 1 saturated heterocycles. The fourth-order valence-corrected chi connectivity index (χ4v) is 3.44. The third-order valence-corrected chi connectivity index (χ3v) is 4.66. The first-order valence-electron chi connectivity index (χ1n) is 9.10. The maximum atomic E-state index is 2.56. The molecule has 0 unspecified atom stereocenters. The Balaban J connectivity index is 1.53. The Labute approximate surface area is 147 Å². The number of benzene rings is 2. The lowest BCUT2D eigenvalue weighted by atomic mass is 9.88. The Hall–Kier alpha value is -1.80. The van der Waals surface area contributed by atoms with E-state index in [4.69, 9.17) is 0 Å². The van der Waals surface area contributed by atoms with Crippen LogP contribution < -0.4 is 4.90 Å². The summed E-state index contributed by atoms with van der Waals surface area (Å²) in [6.45, 7) is 12.5. The number of rotatable bonds is 4. The summed E-state index contributed by atoms with van der Waals surface area (Å²) in [6.07, 6.45) is 1.14. The average Bonchev–Trinajstić information content (AvgIpc) is 2.56. The Morgan fingerprint density at radius 3 is 1.96 bits per heavy atom. The summed E-state index contributed by atoms with van der Waals surface area (Å²) in [4.78, 5) is 5.07. The molecule has 128 valence electrons. The van der Waals surface area contributed by atoms with Crippen LogP contribution in [-0.4, -0.2) is 31.1 Å². The van der Waals surface area contributed by atoms with Gasteiger partial charge in [-0.25, -0.2) is 0 Å². The lowest BCUT2D eigenvalue weighted by molar-refractivity contribution is 0.250. The van der Waals surface area contributed by atoms with E-state index >= 15 is 0 Å². The predicted molar refractivity (Wildman–Crippen MR) is 104 cm³/mol. The fourth-order valence-electron chi connectivity index (χ4n) is 3.44. The topological polar surface area (TPSA) is 6.48 Å². The molecule has 0 amide bonds. The van der Waals surface area contributed by atoms with Crippen molar-refractivity contribution in [3.63, 3.8) is 0 Å². The summed E-state index contributed by atoms with van der Waals surface area (Å²) in [6, 6.07) is 20.0. The zero-order chi connectivity index (χ0) is 17.0. The van der Waals surface area contributed by atoms with Gasteiger partial charge < -0.3 is 4.90 Å². The molecule has 0 N–H and O–H groups in total. The minimum atomic E-state index is 0.352. The van der Waals surface area contributed by atoms with Crippen molar-refractivity contribution in [3.8, 4) is 0 Å². The molecule has 0 atom stereocenters. The SMILES string of the molecule is CC(C)(C)Cc1ccc(N2CCN(Cc3ccccc3)CC2)cc1. The first-order chi connectivity index (χ1) is 11.5. The van der Waals surface area contributed by atoms with Crippen LogP contribution in [0, 0.1) is 5.41 Å². The van der Waals surface area contributed by atoms with Gasteiger partial charge in [0.25, 0.3) is 0 Å². The first kappa shape index (κ1) is 17.0. The summed E-state index contributed by atoms with van der Waals surface area (Å²) >= 11 is 0. The van der Waals surface area contributed by atoms with Gasteiger partial charge in [-0.15, -0.1) is 0 Å². The van der Waals surface area contributed by atoms with E-state index in [1.807, 2.05) is 0 Å². The molecule has 2 aromatic rings. The maximum Gasteiger partial charge on any atom is 0.0367 e.